The molecule has 1 aromatic heterocycles. The lowest BCUT2D eigenvalue weighted by Gasteiger charge is -2.15. The van der Waals surface area contributed by atoms with Crippen molar-refractivity contribution in [2.24, 2.45) is 0 Å². The second kappa shape index (κ2) is 6.26. The van der Waals surface area contributed by atoms with Crippen molar-refractivity contribution in [1.82, 2.24) is 5.32 Å². The molecule has 1 aromatic carbocycles. The van der Waals surface area contributed by atoms with E-state index in [1.54, 1.807) is 13.4 Å². The Morgan fingerprint density at radius 3 is 2.74 bits per heavy atom. The molecule has 2 aromatic rings. The fraction of sp³-hybridized carbons (Fsp3) is 0.333. The first kappa shape index (κ1) is 14.2. The van der Waals surface area contributed by atoms with Crippen molar-refractivity contribution in [2.45, 2.75) is 26.4 Å². The number of nitrogens with one attached hydrogen (secondary N) is 1. The lowest BCUT2D eigenvalue weighted by atomic mass is 10.1. The van der Waals surface area contributed by atoms with Gasteiger partial charge in [0.2, 0.25) is 0 Å². The van der Waals surface area contributed by atoms with Crippen molar-refractivity contribution in [3.05, 3.63) is 51.9 Å². The van der Waals surface area contributed by atoms with E-state index in [4.69, 9.17) is 9.15 Å². The van der Waals surface area contributed by atoms with Gasteiger partial charge in [0.1, 0.15) is 11.5 Å². The molecular weight excluding hydrogens is 306 g/mol. The summed E-state index contributed by atoms with van der Waals surface area (Å²) in [6.07, 6.45) is 1.72. The minimum absolute atomic E-state index is 0.242. The molecule has 1 atom stereocenters. The minimum Gasteiger partial charge on any atom is -0.496 e. The van der Waals surface area contributed by atoms with E-state index in [-0.39, 0.29) is 6.04 Å². The van der Waals surface area contributed by atoms with Crippen LogP contribution in [0, 0.1) is 6.92 Å². The standard InChI is InChI=1S/C15H18BrNO2/c1-10-6-7-19-15(10)9-17-11(2)12-4-5-14(18-3)13(16)8-12/h4-8,11,17H,9H2,1-3H3. The second-order valence-electron chi connectivity index (χ2n) is 4.52. The van der Waals surface area contributed by atoms with Gasteiger partial charge in [0.05, 0.1) is 24.4 Å². The van der Waals surface area contributed by atoms with Crippen LogP contribution in [0.1, 0.15) is 29.9 Å². The number of halogens is 1. The lowest BCUT2D eigenvalue weighted by Crippen LogP contribution is -2.18. The third kappa shape index (κ3) is 3.39. The Balaban J connectivity index is 2.02. The maximum absolute atomic E-state index is 5.42. The molecule has 0 aliphatic carbocycles. The number of furan rings is 1. The number of benzene rings is 1. The highest BCUT2D eigenvalue weighted by atomic mass is 79.9. The number of hydrogen-bond donors (Lipinski definition) is 1. The van der Waals surface area contributed by atoms with Crippen LogP contribution in [0.4, 0.5) is 0 Å². The van der Waals surface area contributed by atoms with Crippen LogP contribution >= 0.6 is 15.9 Å². The van der Waals surface area contributed by atoms with E-state index < -0.39 is 0 Å². The first-order valence-electron chi connectivity index (χ1n) is 6.21. The van der Waals surface area contributed by atoms with Gasteiger partial charge in [-0.05, 0) is 59.1 Å². The lowest BCUT2D eigenvalue weighted by molar-refractivity contribution is 0.411. The van der Waals surface area contributed by atoms with E-state index in [1.807, 2.05) is 12.1 Å². The number of methoxy groups -OCH3 is 1. The molecule has 0 amide bonds. The number of ether oxygens (including phenoxy) is 1. The van der Waals surface area contributed by atoms with Gasteiger partial charge in [0.25, 0.3) is 0 Å². The molecule has 0 aliphatic rings. The van der Waals surface area contributed by atoms with Gasteiger partial charge in [0, 0.05) is 6.04 Å². The van der Waals surface area contributed by atoms with E-state index in [2.05, 4.69) is 47.2 Å². The molecule has 4 heteroatoms. The third-order valence-corrected chi connectivity index (χ3v) is 3.83. The third-order valence-electron chi connectivity index (χ3n) is 3.21. The van der Waals surface area contributed by atoms with Crippen LogP contribution in [0.25, 0.3) is 0 Å². The molecule has 0 radical (unpaired) electrons. The largest absolute Gasteiger partial charge is 0.496 e. The summed E-state index contributed by atoms with van der Waals surface area (Å²) >= 11 is 3.51. The van der Waals surface area contributed by atoms with Crippen LogP contribution < -0.4 is 10.1 Å². The van der Waals surface area contributed by atoms with E-state index in [0.29, 0.717) is 0 Å². The Morgan fingerprint density at radius 1 is 1.37 bits per heavy atom. The summed E-state index contributed by atoms with van der Waals surface area (Å²) < 4.78 is 11.6. The maximum Gasteiger partial charge on any atom is 0.133 e. The summed E-state index contributed by atoms with van der Waals surface area (Å²) in [5.74, 6) is 1.83. The Hall–Kier alpha value is -1.26. The van der Waals surface area contributed by atoms with E-state index in [0.717, 1.165) is 22.5 Å². The fourth-order valence-electron chi connectivity index (χ4n) is 1.90. The summed E-state index contributed by atoms with van der Waals surface area (Å²) in [5, 5.41) is 3.45. The van der Waals surface area contributed by atoms with Crippen molar-refractivity contribution in [3.63, 3.8) is 0 Å². The average molecular weight is 324 g/mol. The summed E-state index contributed by atoms with van der Waals surface area (Å²) in [7, 11) is 1.67. The molecule has 3 nitrogen and oxygen atoms in total. The molecule has 0 saturated heterocycles. The van der Waals surface area contributed by atoms with Crippen molar-refractivity contribution >= 4 is 15.9 Å². The quantitative estimate of drug-likeness (QED) is 0.895. The fourth-order valence-corrected chi connectivity index (χ4v) is 2.46. The van der Waals surface area contributed by atoms with Crippen molar-refractivity contribution < 1.29 is 9.15 Å². The number of aryl methyl sites for hydroxylation is 1. The topological polar surface area (TPSA) is 34.4 Å². The maximum atomic E-state index is 5.42. The Bertz CT molecular complexity index is 551. The van der Waals surface area contributed by atoms with Crippen LogP contribution in [0.3, 0.4) is 0 Å². The van der Waals surface area contributed by atoms with Gasteiger partial charge in [-0.15, -0.1) is 0 Å². The first-order valence-corrected chi connectivity index (χ1v) is 7.01. The molecular formula is C15H18BrNO2. The first-order chi connectivity index (χ1) is 9.11. The average Bonchev–Trinajstić information content (AvgIpc) is 2.81. The van der Waals surface area contributed by atoms with Crippen molar-refractivity contribution in [1.29, 1.82) is 0 Å². The molecule has 1 N–H and O–H groups in total. The molecule has 0 spiro atoms. The number of rotatable bonds is 5. The zero-order chi connectivity index (χ0) is 13.8. The highest BCUT2D eigenvalue weighted by molar-refractivity contribution is 9.10. The summed E-state index contributed by atoms with van der Waals surface area (Å²) in [4.78, 5) is 0. The molecule has 19 heavy (non-hydrogen) atoms. The molecule has 2 rings (SSSR count). The molecule has 1 heterocycles. The van der Waals surface area contributed by atoms with Crippen LogP contribution in [-0.2, 0) is 6.54 Å². The zero-order valence-corrected chi connectivity index (χ0v) is 13.0. The normalized spacial score (nSPS) is 12.4. The Morgan fingerprint density at radius 2 is 2.16 bits per heavy atom. The van der Waals surface area contributed by atoms with Gasteiger partial charge in [-0.25, -0.2) is 0 Å². The van der Waals surface area contributed by atoms with Crippen molar-refractivity contribution in [3.8, 4) is 5.75 Å². The van der Waals surface area contributed by atoms with Gasteiger partial charge in [-0.1, -0.05) is 6.07 Å². The van der Waals surface area contributed by atoms with Gasteiger partial charge >= 0.3 is 0 Å². The second-order valence-corrected chi connectivity index (χ2v) is 5.38. The highest BCUT2D eigenvalue weighted by Gasteiger charge is 2.09. The molecule has 102 valence electrons. The molecule has 0 bridgehead atoms. The minimum atomic E-state index is 0.242. The Kier molecular flexibility index (Phi) is 4.66. The smallest absolute Gasteiger partial charge is 0.133 e. The van der Waals surface area contributed by atoms with Crippen LogP contribution in [0.5, 0.6) is 5.75 Å². The van der Waals surface area contributed by atoms with E-state index in [9.17, 15) is 0 Å². The molecule has 0 fully saturated rings. The Labute approximate surface area is 122 Å². The predicted molar refractivity (Wildman–Crippen MR) is 79.4 cm³/mol. The monoisotopic (exact) mass is 323 g/mol. The SMILES string of the molecule is COc1ccc(C(C)NCc2occc2C)cc1Br. The van der Waals surface area contributed by atoms with Gasteiger partial charge in [-0.2, -0.15) is 0 Å². The van der Waals surface area contributed by atoms with Crippen LogP contribution in [-0.4, -0.2) is 7.11 Å². The molecule has 0 aliphatic heterocycles. The zero-order valence-electron chi connectivity index (χ0n) is 11.4. The van der Waals surface area contributed by atoms with Gasteiger partial charge < -0.3 is 14.5 Å². The molecule has 0 saturated carbocycles. The molecule has 1 unspecified atom stereocenters. The number of hydrogen-bond acceptors (Lipinski definition) is 3. The van der Waals surface area contributed by atoms with Crippen LogP contribution in [0.2, 0.25) is 0 Å². The highest BCUT2D eigenvalue weighted by Crippen LogP contribution is 2.28. The summed E-state index contributed by atoms with van der Waals surface area (Å²) in [6, 6.07) is 8.33. The predicted octanol–water partition coefficient (Wildman–Crippen LogP) is 4.21. The summed E-state index contributed by atoms with van der Waals surface area (Å²) in [6.45, 7) is 4.91. The van der Waals surface area contributed by atoms with E-state index in [1.165, 1.54) is 11.1 Å². The van der Waals surface area contributed by atoms with Crippen LogP contribution in [0.15, 0.2) is 39.4 Å². The van der Waals surface area contributed by atoms with Gasteiger partial charge in [0.15, 0.2) is 0 Å². The van der Waals surface area contributed by atoms with E-state index >= 15 is 0 Å². The van der Waals surface area contributed by atoms with Gasteiger partial charge in [-0.3, -0.25) is 0 Å². The van der Waals surface area contributed by atoms with Crippen molar-refractivity contribution in [2.75, 3.05) is 7.11 Å². The summed E-state index contributed by atoms with van der Waals surface area (Å²) in [5.41, 5.74) is 2.38.